The maximum atomic E-state index is 10.8. The van der Waals surface area contributed by atoms with Gasteiger partial charge in [0, 0.05) is 30.3 Å². The molecular formula is C9H19NO3S2. The average Bonchev–Trinajstić information content (AvgIpc) is 2.91. The van der Waals surface area contributed by atoms with Crippen LogP contribution in [0.1, 0.15) is 12.8 Å². The molecule has 90 valence electrons. The maximum absolute atomic E-state index is 10.8. The molecule has 0 saturated heterocycles. The molecule has 1 unspecified atom stereocenters. The number of nitrogens with one attached hydrogen (secondary N) is 1. The minimum Gasteiger partial charge on any atom is -0.391 e. The van der Waals surface area contributed by atoms with Crippen molar-refractivity contribution in [3.63, 3.8) is 0 Å². The molecule has 0 aromatic carbocycles. The number of hydrogen-bond donors (Lipinski definition) is 2. The number of aliphatic hydroxyl groups excluding tert-OH is 1. The Bertz CT molecular complexity index is 275. The molecule has 15 heavy (non-hydrogen) atoms. The van der Waals surface area contributed by atoms with Crippen LogP contribution in [0.25, 0.3) is 0 Å². The number of hydrogen-bond acceptors (Lipinski definition) is 5. The summed E-state index contributed by atoms with van der Waals surface area (Å²) < 4.78 is 21.6. The molecule has 0 amide bonds. The first-order valence-electron chi connectivity index (χ1n) is 5.14. The Balaban J connectivity index is 1.93. The monoisotopic (exact) mass is 253 g/mol. The fourth-order valence-corrected chi connectivity index (χ4v) is 3.32. The summed E-state index contributed by atoms with van der Waals surface area (Å²) in [5.41, 5.74) is 0. The van der Waals surface area contributed by atoms with Crippen LogP contribution in [0.5, 0.6) is 0 Å². The standard InChI is InChI=1S/C9H19NO3S2/c1-15(12,13)5-4-14-7-9(11)6-10-8-2-3-8/h8-11H,2-7H2,1H3. The molecule has 1 saturated carbocycles. The van der Waals surface area contributed by atoms with Crippen LogP contribution in [0.2, 0.25) is 0 Å². The summed E-state index contributed by atoms with van der Waals surface area (Å²) in [7, 11) is -2.86. The van der Waals surface area contributed by atoms with Gasteiger partial charge in [-0.1, -0.05) is 0 Å². The van der Waals surface area contributed by atoms with Crippen molar-refractivity contribution in [2.24, 2.45) is 0 Å². The molecule has 0 aromatic heterocycles. The van der Waals surface area contributed by atoms with Gasteiger partial charge in [0.2, 0.25) is 0 Å². The molecule has 2 N–H and O–H groups in total. The van der Waals surface area contributed by atoms with E-state index in [0.29, 0.717) is 24.1 Å². The SMILES string of the molecule is CS(=O)(=O)CCSCC(O)CNC1CC1. The third-order valence-corrected chi connectivity index (χ3v) is 4.45. The molecule has 0 aromatic rings. The van der Waals surface area contributed by atoms with Crippen LogP contribution < -0.4 is 5.32 Å². The lowest BCUT2D eigenvalue weighted by molar-refractivity contribution is 0.195. The van der Waals surface area contributed by atoms with Crippen molar-refractivity contribution in [3.05, 3.63) is 0 Å². The summed E-state index contributed by atoms with van der Waals surface area (Å²) in [5.74, 6) is 1.37. The zero-order valence-electron chi connectivity index (χ0n) is 8.98. The van der Waals surface area contributed by atoms with Gasteiger partial charge in [-0.05, 0) is 12.8 Å². The highest BCUT2D eigenvalue weighted by Gasteiger charge is 2.21. The fourth-order valence-electron chi connectivity index (χ4n) is 1.08. The fraction of sp³-hybridized carbons (Fsp3) is 1.00. The van der Waals surface area contributed by atoms with Crippen LogP contribution in [0, 0.1) is 0 Å². The number of aliphatic hydroxyl groups is 1. The van der Waals surface area contributed by atoms with Gasteiger partial charge in [-0.25, -0.2) is 8.42 Å². The van der Waals surface area contributed by atoms with Crippen LogP contribution in [0.15, 0.2) is 0 Å². The highest BCUT2D eigenvalue weighted by molar-refractivity contribution is 8.00. The van der Waals surface area contributed by atoms with Crippen molar-refractivity contribution in [2.45, 2.75) is 25.0 Å². The van der Waals surface area contributed by atoms with Crippen LogP contribution in [0.4, 0.5) is 0 Å². The van der Waals surface area contributed by atoms with E-state index in [1.165, 1.54) is 30.9 Å². The van der Waals surface area contributed by atoms with Crippen molar-refractivity contribution in [3.8, 4) is 0 Å². The second-order valence-electron chi connectivity index (χ2n) is 4.04. The summed E-state index contributed by atoms with van der Waals surface area (Å²) in [6.07, 6.45) is 3.30. The molecule has 1 aliphatic rings. The first kappa shape index (κ1) is 13.3. The molecule has 0 radical (unpaired) electrons. The van der Waals surface area contributed by atoms with Gasteiger partial charge in [-0.3, -0.25) is 0 Å². The highest BCUT2D eigenvalue weighted by atomic mass is 32.2. The Hall–Kier alpha value is 0.220. The van der Waals surface area contributed by atoms with Gasteiger partial charge < -0.3 is 10.4 Å². The van der Waals surface area contributed by atoms with E-state index in [1.807, 2.05) is 0 Å². The largest absolute Gasteiger partial charge is 0.391 e. The van der Waals surface area contributed by atoms with E-state index < -0.39 is 9.84 Å². The lowest BCUT2D eigenvalue weighted by Crippen LogP contribution is -2.30. The van der Waals surface area contributed by atoms with Crippen LogP contribution >= 0.6 is 11.8 Å². The number of thioether (sulfide) groups is 1. The molecule has 0 bridgehead atoms. The zero-order chi connectivity index (χ0) is 11.3. The van der Waals surface area contributed by atoms with Gasteiger partial charge in [-0.15, -0.1) is 0 Å². The Labute approximate surface area is 95.7 Å². The van der Waals surface area contributed by atoms with E-state index in [2.05, 4.69) is 5.32 Å². The minimum absolute atomic E-state index is 0.195. The van der Waals surface area contributed by atoms with Crippen molar-refractivity contribution in [1.82, 2.24) is 5.32 Å². The molecule has 1 fully saturated rings. The van der Waals surface area contributed by atoms with E-state index in [-0.39, 0.29) is 11.9 Å². The second-order valence-corrected chi connectivity index (χ2v) is 7.45. The topological polar surface area (TPSA) is 66.4 Å². The van der Waals surface area contributed by atoms with Crippen molar-refractivity contribution < 1.29 is 13.5 Å². The smallest absolute Gasteiger partial charge is 0.148 e. The van der Waals surface area contributed by atoms with Crippen LogP contribution in [-0.2, 0) is 9.84 Å². The third kappa shape index (κ3) is 8.07. The summed E-state index contributed by atoms with van der Waals surface area (Å²) in [5, 5.41) is 12.8. The van der Waals surface area contributed by atoms with Gasteiger partial charge in [0.1, 0.15) is 9.84 Å². The quantitative estimate of drug-likeness (QED) is 0.590. The normalized spacial score (nSPS) is 19.1. The van der Waals surface area contributed by atoms with Crippen LogP contribution in [0.3, 0.4) is 0 Å². The Morgan fingerprint density at radius 1 is 1.53 bits per heavy atom. The zero-order valence-corrected chi connectivity index (χ0v) is 10.6. The molecular weight excluding hydrogens is 234 g/mol. The van der Waals surface area contributed by atoms with Gasteiger partial charge in [-0.2, -0.15) is 11.8 Å². The van der Waals surface area contributed by atoms with Crippen molar-refractivity contribution in [1.29, 1.82) is 0 Å². The number of rotatable bonds is 8. The lowest BCUT2D eigenvalue weighted by atomic mass is 10.4. The van der Waals surface area contributed by atoms with E-state index in [0.717, 1.165) is 0 Å². The van der Waals surface area contributed by atoms with E-state index in [9.17, 15) is 13.5 Å². The maximum Gasteiger partial charge on any atom is 0.148 e. The summed E-state index contributed by atoms with van der Waals surface area (Å²) in [4.78, 5) is 0. The molecule has 4 nitrogen and oxygen atoms in total. The third-order valence-electron chi connectivity index (χ3n) is 2.13. The molecule has 1 atom stereocenters. The molecule has 0 aliphatic heterocycles. The van der Waals surface area contributed by atoms with E-state index in [1.54, 1.807) is 0 Å². The summed E-state index contributed by atoms with van der Waals surface area (Å²) >= 11 is 1.49. The Morgan fingerprint density at radius 2 is 2.20 bits per heavy atom. The van der Waals surface area contributed by atoms with E-state index in [4.69, 9.17) is 0 Å². The van der Waals surface area contributed by atoms with Gasteiger partial charge in [0.05, 0.1) is 11.9 Å². The predicted molar refractivity (Wildman–Crippen MR) is 64.1 cm³/mol. The number of sulfone groups is 1. The molecule has 1 aliphatic carbocycles. The Kier molecular flexibility index (Phi) is 5.38. The first-order chi connectivity index (χ1) is 6.97. The van der Waals surface area contributed by atoms with Gasteiger partial charge in [0.15, 0.2) is 0 Å². The molecule has 0 heterocycles. The molecule has 1 rings (SSSR count). The average molecular weight is 253 g/mol. The van der Waals surface area contributed by atoms with Crippen LogP contribution in [-0.4, -0.2) is 55.7 Å². The lowest BCUT2D eigenvalue weighted by Gasteiger charge is -2.10. The molecule has 6 heteroatoms. The van der Waals surface area contributed by atoms with Crippen molar-refractivity contribution >= 4 is 21.6 Å². The van der Waals surface area contributed by atoms with Crippen molar-refractivity contribution in [2.75, 3.05) is 30.1 Å². The highest BCUT2D eigenvalue weighted by Crippen LogP contribution is 2.18. The minimum atomic E-state index is -2.86. The van der Waals surface area contributed by atoms with Gasteiger partial charge in [0.25, 0.3) is 0 Å². The Morgan fingerprint density at radius 3 is 2.73 bits per heavy atom. The van der Waals surface area contributed by atoms with Gasteiger partial charge >= 0.3 is 0 Å². The summed E-state index contributed by atoms with van der Waals surface area (Å²) in [6.45, 7) is 0.622. The van der Waals surface area contributed by atoms with E-state index >= 15 is 0 Å². The summed E-state index contributed by atoms with van der Waals surface area (Å²) in [6, 6.07) is 0.612. The predicted octanol–water partition coefficient (Wildman–Crippen LogP) is -0.123. The molecule has 0 spiro atoms. The second kappa shape index (κ2) is 6.08. The first-order valence-corrected chi connectivity index (χ1v) is 8.36.